The molecule has 0 fully saturated rings. The van der Waals surface area contributed by atoms with Crippen LogP contribution in [0.2, 0.25) is 5.02 Å². The molecule has 0 bridgehead atoms. The summed E-state index contributed by atoms with van der Waals surface area (Å²) in [5.41, 5.74) is 2.40. The Labute approximate surface area is 153 Å². The van der Waals surface area contributed by atoms with Gasteiger partial charge in [0.25, 0.3) is 11.8 Å². The van der Waals surface area contributed by atoms with Crippen LogP contribution < -0.4 is 10.6 Å². The number of benzene rings is 2. The van der Waals surface area contributed by atoms with Gasteiger partial charge >= 0.3 is 0 Å². The molecule has 126 valence electrons. The van der Waals surface area contributed by atoms with E-state index in [1.807, 2.05) is 31.2 Å². The standard InChI is InChI=1S/C18H14ClN3O2S/c1-11-4-2-3-5-14(11)20-17(24)15-10-25-18(21-15)22-16(23)12-6-8-13(19)9-7-12/h2-10H,1H3,(H,20,24)(H,21,22,23). The normalized spacial score (nSPS) is 10.3. The molecule has 0 unspecified atom stereocenters. The van der Waals surface area contributed by atoms with Crippen LogP contribution in [0.4, 0.5) is 10.8 Å². The molecule has 1 heterocycles. The SMILES string of the molecule is Cc1ccccc1NC(=O)c1csc(NC(=O)c2ccc(Cl)cc2)n1. The lowest BCUT2D eigenvalue weighted by Crippen LogP contribution is -2.14. The summed E-state index contributed by atoms with van der Waals surface area (Å²) in [6, 6.07) is 14.0. The van der Waals surface area contributed by atoms with Gasteiger partial charge in [-0.1, -0.05) is 29.8 Å². The fourth-order valence-electron chi connectivity index (χ4n) is 2.11. The predicted molar refractivity (Wildman–Crippen MR) is 101 cm³/mol. The third kappa shape index (κ3) is 4.23. The molecule has 0 aliphatic carbocycles. The predicted octanol–water partition coefficient (Wildman–Crippen LogP) is 4.61. The minimum absolute atomic E-state index is 0.250. The van der Waals surface area contributed by atoms with Crippen LogP contribution >= 0.6 is 22.9 Å². The highest BCUT2D eigenvalue weighted by Gasteiger charge is 2.14. The number of carbonyl (C=O) groups is 2. The molecular formula is C18H14ClN3O2S. The van der Waals surface area contributed by atoms with Crippen LogP contribution in [0.15, 0.2) is 53.9 Å². The minimum atomic E-state index is -0.322. The van der Waals surface area contributed by atoms with Gasteiger partial charge in [0.1, 0.15) is 5.69 Å². The third-order valence-corrected chi connectivity index (χ3v) is 4.47. The van der Waals surface area contributed by atoms with E-state index in [2.05, 4.69) is 15.6 Å². The van der Waals surface area contributed by atoms with Gasteiger partial charge in [0.2, 0.25) is 0 Å². The van der Waals surface area contributed by atoms with Crippen LogP contribution in [0, 0.1) is 6.92 Å². The number of aryl methyl sites for hydroxylation is 1. The molecule has 25 heavy (non-hydrogen) atoms. The number of para-hydroxylation sites is 1. The van der Waals surface area contributed by atoms with E-state index in [4.69, 9.17) is 11.6 Å². The van der Waals surface area contributed by atoms with Crippen molar-refractivity contribution < 1.29 is 9.59 Å². The van der Waals surface area contributed by atoms with Crippen molar-refractivity contribution in [2.24, 2.45) is 0 Å². The molecule has 7 heteroatoms. The van der Waals surface area contributed by atoms with Crippen LogP contribution in [0.5, 0.6) is 0 Å². The molecule has 0 saturated carbocycles. The van der Waals surface area contributed by atoms with Crippen LogP contribution in [0.3, 0.4) is 0 Å². The van der Waals surface area contributed by atoms with Crippen molar-refractivity contribution in [3.8, 4) is 0 Å². The van der Waals surface area contributed by atoms with Crippen molar-refractivity contribution in [2.45, 2.75) is 6.92 Å². The molecule has 0 atom stereocenters. The maximum absolute atomic E-state index is 12.3. The zero-order valence-corrected chi connectivity index (χ0v) is 14.8. The summed E-state index contributed by atoms with van der Waals surface area (Å²) in [6.07, 6.45) is 0. The zero-order valence-electron chi connectivity index (χ0n) is 13.2. The topological polar surface area (TPSA) is 71.1 Å². The van der Waals surface area contributed by atoms with E-state index >= 15 is 0 Å². The summed E-state index contributed by atoms with van der Waals surface area (Å²) >= 11 is 6.99. The quantitative estimate of drug-likeness (QED) is 0.703. The molecular weight excluding hydrogens is 358 g/mol. The number of thiazole rings is 1. The highest BCUT2D eigenvalue weighted by Crippen LogP contribution is 2.19. The van der Waals surface area contributed by atoms with Crippen LogP contribution in [0.25, 0.3) is 0 Å². The van der Waals surface area contributed by atoms with Crippen LogP contribution in [-0.4, -0.2) is 16.8 Å². The van der Waals surface area contributed by atoms with Gasteiger partial charge in [-0.2, -0.15) is 0 Å². The Hall–Kier alpha value is -2.70. The molecule has 2 N–H and O–H groups in total. The van der Waals surface area contributed by atoms with E-state index in [1.54, 1.807) is 29.6 Å². The summed E-state index contributed by atoms with van der Waals surface area (Å²) in [4.78, 5) is 28.6. The number of hydrogen-bond acceptors (Lipinski definition) is 4. The fourth-order valence-corrected chi connectivity index (χ4v) is 2.92. The largest absolute Gasteiger partial charge is 0.320 e. The minimum Gasteiger partial charge on any atom is -0.320 e. The van der Waals surface area contributed by atoms with E-state index in [0.29, 0.717) is 15.7 Å². The number of nitrogens with zero attached hydrogens (tertiary/aromatic N) is 1. The van der Waals surface area contributed by atoms with Gasteiger partial charge in [-0.15, -0.1) is 11.3 Å². The average Bonchev–Trinajstić information content (AvgIpc) is 3.06. The van der Waals surface area contributed by atoms with Crippen molar-refractivity contribution in [1.29, 1.82) is 0 Å². The second-order valence-electron chi connectivity index (χ2n) is 5.27. The first kappa shape index (κ1) is 17.1. The Morgan fingerprint density at radius 3 is 2.44 bits per heavy atom. The monoisotopic (exact) mass is 371 g/mol. The first-order chi connectivity index (χ1) is 12.0. The van der Waals surface area contributed by atoms with Gasteiger partial charge in [-0.3, -0.25) is 14.9 Å². The molecule has 0 spiro atoms. The average molecular weight is 372 g/mol. The van der Waals surface area contributed by atoms with Gasteiger partial charge in [-0.05, 0) is 42.8 Å². The van der Waals surface area contributed by atoms with Gasteiger partial charge in [0.15, 0.2) is 5.13 Å². The van der Waals surface area contributed by atoms with E-state index in [0.717, 1.165) is 11.3 Å². The van der Waals surface area contributed by atoms with Crippen molar-refractivity contribution in [2.75, 3.05) is 10.6 Å². The number of rotatable bonds is 4. The van der Waals surface area contributed by atoms with Gasteiger partial charge < -0.3 is 5.32 Å². The molecule has 0 radical (unpaired) electrons. The molecule has 0 saturated heterocycles. The summed E-state index contributed by atoms with van der Waals surface area (Å²) in [5, 5.41) is 8.00. The lowest BCUT2D eigenvalue weighted by atomic mass is 10.2. The summed E-state index contributed by atoms with van der Waals surface area (Å²) in [7, 11) is 0. The van der Waals surface area contributed by atoms with Gasteiger partial charge in [0, 0.05) is 21.7 Å². The summed E-state index contributed by atoms with van der Waals surface area (Å²) < 4.78 is 0. The van der Waals surface area contributed by atoms with Crippen molar-refractivity contribution in [3.63, 3.8) is 0 Å². The number of hydrogen-bond donors (Lipinski definition) is 2. The molecule has 3 rings (SSSR count). The Morgan fingerprint density at radius 1 is 1.00 bits per heavy atom. The first-order valence-corrected chi connectivity index (χ1v) is 8.68. The number of amides is 2. The van der Waals surface area contributed by atoms with E-state index in [-0.39, 0.29) is 17.5 Å². The second-order valence-corrected chi connectivity index (χ2v) is 6.56. The lowest BCUT2D eigenvalue weighted by Gasteiger charge is -2.06. The second kappa shape index (κ2) is 7.46. The van der Waals surface area contributed by atoms with Crippen molar-refractivity contribution >= 4 is 45.6 Å². The maximum Gasteiger partial charge on any atom is 0.275 e. The molecule has 1 aromatic heterocycles. The Balaban J connectivity index is 1.67. The summed E-state index contributed by atoms with van der Waals surface area (Å²) in [6.45, 7) is 1.91. The van der Waals surface area contributed by atoms with Crippen molar-refractivity contribution in [3.05, 3.63) is 75.8 Å². The van der Waals surface area contributed by atoms with Gasteiger partial charge in [-0.25, -0.2) is 4.98 Å². The highest BCUT2D eigenvalue weighted by molar-refractivity contribution is 7.14. The highest BCUT2D eigenvalue weighted by atomic mass is 35.5. The molecule has 2 amide bonds. The smallest absolute Gasteiger partial charge is 0.275 e. The number of nitrogens with one attached hydrogen (secondary N) is 2. The Bertz CT molecular complexity index is 922. The third-order valence-electron chi connectivity index (χ3n) is 3.46. The molecule has 0 aliphatic rings. The van der Waals surface area contributed by atoms with E-state index in [9.17, 15) is 9.59 Å². The zero-order chi connectivity index (χ0) is 17.8. The van der Waals surface area contributed by atoms with Gasteiger partial charge in [0.05, 0.1) is 0 Å². The number of halogens is 1. The summed E-state index contributed by atoms with van der Waals surface area (Å²) in [5.74, 6) is -0.630. The molecule has 5 nitrogen and oxygen atoms in total. The fraction of sp³-hybridized carbons (Fsp3) is 0.0556. The molecule has 0 aliphatic heterocycles. The van der Waals surface area contributed by atoms with Crippen LogP contribution in [-0.2, 0) is 0 Å². The Morgan fingerprint density at radius 2 is 1.72 bits per heavy atom. The lowest BCUT2D eigenvalue weighted by molar-refractivity contribution is 0.101. The van der Waals surface area contributed by atoms with E-state index in [1.165, 1.54) is 11.3 Å². The molecule has 3 aromatic rings. The van der Waals surface area contributed by atoms with E-state index < -0.39 is 0 Å². The number of anilines is 2. The maximum atomic E-state index is 12.3. The first-order valence-electron chi connectivity index (χ1n) is 7.42. The Kier molecular flexibility index (Phi) is 5.11. The number of aromatic nitrogens is 1. The number of carbonyl (C=O) groups excluding carboxylic acids is 2. The van der Waals surface area contributed by atoms with Crippen LogP contribution in [0.1, 0.15) is 26.4 Å². The molecule has 2 aromatic carbocycles. The van der Waals surface area contributed by atoms with Crippen molar-refractivity contribution in [1.82, 2.24) is 4.98 Å².